The minimum atomic E-state index is -0.274. The maximum Gasteiger partial charge on any atom is 0.123 e. The molecule has 0 unspecified atom stereocenters. The molecule has 0 atom stereocenters. The van der Waals surface area contributed by atoms with Gasteiger partial charge in [-0.05, 0) is 23.8 Å². The fourth-order valence-corrected chi connectivity index (χ4v) is 2.26. The Morgan fingerprint density at radius 1 is 1.00 bits per heavy atom. The molecule has 0 saturated carbocycles. The summed E-state index contributed by atoms with van der Waals surface area (Å²) in [5.41, 5.74) is 3.23. The van der Waals surface area contributed by atoms with Gasteiger partial charge in [0.05, 0.1) is 11.9 Å². The quantitative estimate of drug-likeness (QED) is 0.729. The zero-order chi connectivity index (χ0) is 13.2. The Bertz CT molecular complexity index is 721. The summed E-state index contributed by atoms with van der Waals surface area (Å²) in [4.78, 5) is 0. The molecule has 94 valence electrons. The Balaban J connectivity index is 2.16. The Hall–Kier alpha value is -2.13. The summed E-state index contributed by atoms with van der Waals surface area (Å²) in [7, 11) is 0. The third kappa shape index (κ3) is 2.25. The predicted molar refractivity (Wildman–Crippen MR) is 74.4 cm³/mol. The summed E-state index contributed by atoms with van der Waals surface area (Å²) in [6.07, 6.45) is 1.67. The molecule has 3 rings (SSSR count). The van der Waals surface area contributed by atoms with E-state index in [1.807, 2.05) is 30.3 Å². The molecular formula is C15H10ClFN2. The zero-order valence-corrected chi connectivity index (χ0v) is 10.7. The van der Waals surface area contributed by atoms with E-state index in [-0.39, 0.29) is 5.82 Å². The predicted octanol–water partition coefficient (Wildman–Crippen LogP) is 4.54. The highest BCUT2D eigenvalue weighted by Crippen LogP contribution is 2.34. The van der Waals surface area contributed by atoms with Gasteiger partial charge in [0.1, 0.15) is 5.82 Å². The largest absolute Gasteiger partial charge is 0.277 e. The highest BCUT2D eigenvalue weighted by molar-refractivity contribution is 6.33. The van der Waals surface area contributed by atoms with E-state index in [4.69, 9.17) is 11.6 Å². The lowest BCUT2D eigenvalue weighted by atomic mass is 10.0. The molecular weight excluding hydrogens is 263 g/mol. The van der Waals surface area contributed by atoms with E-state index in [9.17, 15) is 4.39 Å². The second-order valence-electron chi connectivity index (χ2n) is 4.15. The summed E-state index contributed by atoms with van der Waals surface area (Å²) in [5.74, 6) is -0.274. The van der Waals surface area contributed by atoms with Crippen LogP contribution in [0.5, 0.6) is 0 Å². The molecule has 2 nitrogen and oxygen atoms in total. The SMILES string of the molecule is Fc1cccc(-c2cn[nH]c2-c2ccccc2Cl)c1. The first-order valence-electron chi connectivity index (χ1n) is 5.80. The van der Waals surface area contributed by atoms with Gasteiger partial charge in [0, 0.05) is 16.1 Å². The molecule has 19 heavy (non-hydrogen) atoms. The van der Waals surface area contributed by atoms with Crippen molar-refractivity contribution in [2.45, 2.75) is 0 Å². The number of rotatable bonds is 2. The lowest BCUT2D eigenvalue weighted by Gasteiger charge is -2.05. The highest BCUT2D eigenvalue weighted by atomic mass is 35.5. The van der Waals surface area contributed by atoms with Crippen molar-refractivity contribution in [1.29, 1.82) is 0 Å². The number of hydrogen-bond donors (Lipinski definition) is 1. The molecule has 0 fully saturated rings. The molecule has 0 radical (unpaired) electrons. The van der Waals surface area contributed by atoms with Gasteiger partial charge in [-0.15, -0.1) is 0 Å². The normalized spacial score (nSPS) is 10.6. The number of H-pyrrole nitrogens is 1. The molecule has 0 amide bonds. The van der Waals surface area contributed by atoms with Gasteiger partial charge in [0.15, 0.2) is 0 Å². The Morgan fingerprint density at radius 3 is 2.63 bits per heavy atom. The van der Waals surface area contributed by atoms with Gasteiger partial charge in [-0.25, -0.2) is 4.39 Å². The first kappa shape index (κ1) is 11.9. The summed E-state index contributed by atoms with van der Waals surface area (Å²) < 4.78 is 13.3. The van der Waals surface area contributed by atoms with Gasteiger partial charge in [0.2, 0.25) is 0 Å². The van der Waals surface area contributed by atoms with Crippen molar-refractivity contribution in [3.05, 3.63) is 65.6 Å². The van der Waals surface area contributed by atoms with Crippen molar-refractivity contribution in [3.8, 4) is 22.4 Å². The van der Waals surface area contributed by atoms with Crippen molar-refractivity contribution in [2.75, 3.05) is 0 Å². The number of aromatic amines is 1. The first-order valence-corrected chi connectivity index (χ1v) is 6.18. The van der Waals surface area contributed by atoms with Crippen LogP contribution in [-0.2, 0) is 0 Å². The van der Waals surface area contributed by atoms with Crippen LogP contribution in [0.1, 0.15) is 0 Å². The average Bonchev–Trinajstić information content (AvgIpc) is 2.88. The smallest absolute Gasteiger partial charge is 0.123 e. The van der Waals surface area contributed by atoms with E-state index in [0.29, 0.717) is 5.02 Å². The van der Waals surface area contributed by atoms with Gasteiger partial charge in [0.25, 0.3) is 0 Å². The number of hydrogen-bond acceptors (Lipinski definition) is 1. The number of nitrogens with zero attached hydrogens (tertiary/aromatic N) is 1. The molecule has 0 aliphatic carbocycles. The standard InChI is InChI=1S/C15H10ClFN2/c16-14-7-2-1-6-12(14)15-13(9-18-19-15)10-4-3-5-11(17)8-10/h1-9H,(H,18,19). The van der Waals surface area contributed by atoms with E-state index in [0.717, 1.165) is 22.4 Å². The summed E-state index contributed by atoms with van der Waals surface area (Å²) in [6.45, 7) is 0. The van der Waals surface area contributed by atoms with E-state index in [1.165, 1.54) is 12.1 Å². The minimum absolute atomic E-state index is 0.274. The van der Waals surface area contributed by atoms with Crippen molar-refractivity contribution in [2.24, 2.45) is 0 Å². The van der Waals surface area contributed by atoms with E-state index in [1.54, 1.807) is 12.3 Å². The van der Waals surface area contributed by atoms with Crippen molar-refractivity contribution < 1.29 is 4.39 Å². The minimum Gasteiger partial charge on any atom is -0.277 e. The maximum atomic E-state index is 13.3. The molecule has 0 spiro atoms. The highest BCUT2D eigenvalue weighted by Gasteiger charge is 2.12. The maximum absolute atomic E-state index is 13.3. The molecule has 1 N–H and O–H groups in total. The van der Waals surface area contributed by atoms with Crippen LogP contribution in [0.25, 0.3) is 22.4 Å². The zero-order valence-electron chi connectivity index (χ0n) is 9.90. The molecule has 4 heteroatoms. The van der Waals surface area contributed by atoms with E-state index < -0.39 is 0 Å². The lowest BCUT2D eigenvalue weighted by molar-refractivity contribution is 0.628. The molecule has 0 saturated heterocycles. The van der Waals surface area contributed by atoms with Crippen LogP contribution in [0.15, 0.2) is 54.7 Å². The van der Waals surface area contributed by atoms with Gasteiger partial charge in [-0.2, -0.15) is 5.10 Å². The second-order valence-corrected chi connectivity index (χ2v) is 4.56. The molecule has 0 bridgehead atoms. The van der Waals surface area contributed by atoms with Gasteiger partial charge in [-0.3, -0.25) is 5.10 Å². The Morgan fingerprint density at radius 2 is 1.84 bits per heavy atom. The van der Waals surface area contributed by atoms with Crippen molar-refractivity contribution in [3.63, 3.8) is 0 Å². The van der Waals surface area contributed by atoms with Crippen LogP contribution in [0.2, 0.25) is 5.02 Å². The monoisotopic (exact) mass is 272 g/mol. The van der Waals surface area contributed by atoms with E-state index in [2.05, 4.69) is 10.2 Å². The Kier molecular flexibility index (Phi) is 3.05. The van der Waals surface area contributed by atoms with Crippen LogP contribution >= 0.6 is 11.6 Å². The molecule has 1 heterocycles. The van der Waals surface area contributed by atoms with E-state index >= 15 is 0 Å². The summed E-state index contributed by atoms with van der Waals surface area (Å²) >= 11 is 6.18. The summed E-state index contributed by atoms with van der Waals surface area (Å²) in [6, 6.07) is 13.9. The summed E-state index contributed by atoms with van der Waals surface area (Å²) in [5, 5.41) is 7.59. The topological polar surface area (TPSA) is 28.7 Å². The molecule has 0 aliphatic heterocycles. The van der Waals surface area contributed by atoms with Gasteiger partial charge >= 0.3 is 0 Å². The molecule has 2 aromatic carbocycles. The van der Waals surface area contributed by atoms with Gasteiger partial charge < -0.3 is 0 Å². The molecule has 1 aromatic heterocycles. The van der Waals surface area contributed by atoms with Gasteiger partial charge in [-0.1, -0.05) is 41.9 Å². The third-order valence-electron chi connectivity index (χ3n) is 2.92. The van der Waals surface area contributed by atoms with Crippen molar-refractivity contribution >= 4 is 11.6 Å². The molecule has 0 aliphatic rings. The third-order valence-corrected chi connectivity index (χ3v) is 3.25. The lowest BCUT2D eigenvalue weighted by Crippen LogP contribution is -1.84. The number of nitrogens with one attached hydrogen (secondary N) is 1. The van der Waals surface area contributed by atoms with Crippen LogP contribution in [-0.4, -0.2) is 10.2 Å². The van der Waals surface area contributed by atoms with Crippen LogP contribution in [0.3, 0.4) is 0 Å². The fourth-order valence-electron chi connectivity index (χ4n) is 2.03. The van der Waals surface area contributed by atoms with Crippen LogP contribution in [0.4, 0.5) is 4.39 Å². The first-order chi connectivity index (χ1) is 9.25. The van der Waals surface area contributed by atoms with Crippen LogP contribution in [0, 0.1) is 5.82 Å². The van der Waals surface area contributed by atoms with Crippen molar-refractivity contribution in [1.82, 2.24) is 10.2 Å². The number of halogens is 2. The Labute approximate surface area is 114 Å². The number of aromatic nitrogens is 2. The number of benzene rings is 2. The average molecular weight is 273 g/mol. The fraction of sp³-hybridized carbons (Fsp3) is 0. The van der Waals surface area contributed by atoms with Crippen LogP contribution < -0.4 is 0 Å². The second kappa shape index (κ2) is 4.86. The molecule has 3 aromatic rings.